The molecule has 0 bridgehead atoms. The van der Waals surface area contributed by atoms with E-state index in [9.17, 15) is 32.7 Å². The lowest BCUT2D eigenvalue weighted by atomic mass is 9.91. The highest BCUT2D eigenvalue weighted by Gasteiger charge is 2.36. The molecule has 2 atom stereocenters. The van der Waals surface area contributed by atoms with Gasteiger partial charge in [-0.15, -0.1) is 11.3 Å². The average molecular weight is 657 g/mol. The monoisotopic (exact) mass is 656 g/mol. The number of alkyl halides is 3. The summed E-state index contributed by atoms with van der Waals surface area (Å²) >= 11 is 1.39. The van der Waals surface area contributed by atoms with Gasteiger partial charge in [0.25, 0.3) is 5.56 Å². The summed E-state index contributed by atoms with van der Waals surface area (Å²) in [6.07, 6.45) is -3.94. The molecule has 0 aliphatic heterocycles. The van der Waals surface area contributed by atoms with Crippen molar-refractivity contribution in [1.29, 1.82) is 0 Å². The standard InChI is InChI=1S/C34H39F3N4O4S/c1-19(2)12-27(41-17-22(10-11-40(5)6)25(15-29(41)42)34(35,36)37)33(45)39-26(16-30(43)44)24-13-23(14-28-32(24)38-18-46-28)31-20(3)8-7-9-21(31)4/h7-9,13-15,17-19,26-27H,10-12,16H2,1-6H3,(H,39,45)(H,43,44)/t26-,27+/m0/s1. The first kappa shape index (κ1) is 34.8. The largest absolute Gasteiger partial charge is 0.481 e. The van der Waals surface area contributed by atoms with Crippen LogP contribution in [0.2, 0.25) is 0 Å². The number of halogens is 3. The summed E-state index contributed by atoms with van der Waals surface area (Å²) in [6.45, 7) is 7.94. The van der Waals surface area contributed by atoms with Crippen molar-refractivity contribution in [3.05, 3.63) is 86.3 Å². The number of carboxylic acid groups (broad SMARTS) is 1. The summed E-state index contributed by atoms with van der Waals surface area (Å²) < 4.78 is 43.7. The molecule has 0 fully saturated rings. The van der Waals surface area contributed by atoms with E-state index in [0.29, 0.717) is 23.7 Å². The second-order valence-electron chi connectivity index (χ2n) is 12.3. The lowest BCUT2D eigenvalue weighted by Crippen LogP contribution is -2.40. The molecule has 2 heterocycles. The van der Waals surface area contributed by atoms with E-state index in [1.165, 1.54) is 11.3 Å². The fourth-order valence-corrected chi connectivity index (χ4v) is 6.54. The number of likely N-dealkylation sites (N-methyl/N-ethyl adjacent to an activating group) is 1. The molecule has 4 aromatic rings. The maximum absolute atomic E-state index is 14.1. The number of fused-ring (bicyclic) bond motifs is 1. The van der Waals surface area contributed by atoms with Crippen molar-refractivity contribution in [3.8, 4) is 11.1 Å². The summed E-state index contributed by atoms with van der Waals surface area (Å²) in [5, 5.41) is 12.8. The van der Waals surface area contributed by atoms with Crippen LogP contribution in [0.25, 0.3) is 21.3 Å². The van der Waals surface area contributed by atoms with Gasteiger partial charge in [0, 0.05) is 24.4 Å². The van der Waals surface area contributed by atoms with Crippen LogP contribution in [0.1, 0.15) is 66.6 Å². The second-order valence-corrected chi connectivity index (χ2v) is 13.2. The Bertz CT molecular complexity index is 1780. The number of rotatable bonds is 12. The van der Waals surface area contributed by atoms with E-state index in [0.717, 1.165) is 37.7 Å². The van der Waals surface area contributed by atoms with E-state index < -0.39 is 47.7 Å². The third-order valence-electron chi connectivity index (χ3n) is 7.94. The quantitative estimate of drug-likeness (QED) is 0.174. The Balaban J connectivity index is 1.82. The van der Waals surface area contributed by atoms with Crippen molar-refractivity contribution < 1.29 is 27.9 Å². The zero-order valence-electron chi connectivity index (χ0n) is 26.7. The van der Waals surface area contributed by atoms with Gasteiger partial charge in [-0.25, -0.2) is 4.98 Å². The van der Waals surface area contributed by atoms with E-state index >= 15 is 0 Å². The van der Waals surface area contributed by atoms with Crippen LogP contribution in [0.15, 0.2) is 52.9 Å². The van der Waals surface area contributed by atoms with Crippen LogP contribution < -0.4 is 10.9 Å². The number of amides is 1. The number of benzene rings is 2. The molecule has 2 aromatic heterocycles. The highest BCUT2D eigenvalue weighted by atomic mass is 32.1. The summed E-state index contributed by atoms with van der Waals surface area (Å²) in [5.74, 6) is -1.95. The number of aryl methyl sites for hydroxylation is 2. The van der Waals surface area contributed by atoms with E-state index in [1.54, 1.807) is 24.5 Å². The molecule has 0 aliphatic carbocycles. The molecule has 0 radical (unpaired) electrons. The summed E-state index contributed by atoms with van der Waals surface area (Å²) in [4.78, 5) is 45.7. The number of aliphatic carboxylic acids is 1. The minimum Gasteiger partial charge on any atom is -0.481 e. The van der Waals surface area contributed by atoms with Gasteiger partial charge in [0.1, 0.15) is 6.04 Å². The molecule has 0 unspecified atom stereocenters. The van der Waals surface area contributed by atoms with Crippen LogP contribution >= 0.6 is 11.3 Å². The molecule has 246 valence electrons. The molecule has 46 heavy (non-hydrogen) atoms. The van der Waals surface area contributed by atoms with Crippen molar-refractivity contribution in [1.82, 2.24) is 19.8 Å². The van der Waals surface area contributed by atoms with Gasteiger partial charge < -0.3 is 19.9 Å². The summed E-state index contributed by atoms with van der Waals surface area (Å²) in [6, 6.07) is 8.09. The van der Waals surface area contributed by atoms with Crippen molar-refractivity contribution in [2.45, 2.75) is 65.2 Å². The van der Waals surface area contributed by atoms with Crippen LogP contribution in [0.5, 0.6) is 0 Å². The van der Waals surface area contributed by atoms with Gasteiger partial charge in [-0.2, -0.15) is 13.2 Å². The lowest BCUT2D eigenvalue weighted by Gasteiger charge is -2.26. The molecule has 0 aliphatic rings. The maximum atomic E-state index is 14.1. The van der Waals surface area contributed by atoms with Gasteiger partial charge in [-0.05, 0) is 86.7 Å². The van der Waals surface area contributed by atoms with Crippen molar-refractivity contribution in [3.63, 3.8) is 0 Å². The molecule has 0 saturated carbocycles. The van der Waals surface area contributed by atoms with Crippen LogP contribution in [0, 0.1) is 19.8 Å². The predicted octanol–water partition coefficient (Wildman–Crippen LogP) is 6.78. The zero-order chi connectivity index (χ0) is 33.9. The average Bonchev–Trinajstić information content (AvgIpc) is 3.42. The Labute approximate surface area is 269 Å². The van der Waals surface area contributed by atoms with E-state index in [4.69, 9.17) is 0 Å². The number of carboxylic acids is 1. The van der Waals surface area contributed by atoms with Gasteiger partial charge in [0.2, 0.25) is 5.91 Å². The SMILES string of the molecule is Cc1cccc(C)c1-c1cc([C@H](CC(=O)O)NC(=O)[C@@H](CC(C)C)n2cc(CCN(C)C)c(C(F)(F)F)cc2=O)c2ncsc2c1. The van der Waals surface area contributed by atoms with Gasteiger partial charge >= 0.3 is 12.1 Å². The van der Waals surface area contributed by atoms with Gasteiger partial charge in [0.15, 0.2) is 0 Å². The van der Waals surface area contributed by atoms with Gasteiger partial charge in [-0.3, -0.25) is 14.4 Å². The molecular formula is C34H39F3N4O4S. The Kier molecular flexibility index (Phi) is 10.7. The Hall–Kier alpha value is -4.03. The zero-order valence-corrected chi connectivity index (χ0v) is 27.6. The minimum absolute atomic E-state index is 0.00665. The number of hydrogen-bond donors (Lipinski definition) is 2. The smallest absolute Gasteiger partial charge is 0.416 e. The first-order valence-electron chi connectivity index (χ1n) is 15.0. The minimum atomic E-state index is -4.75. The maximum Gasteiger partial charge on any atom is 0.416 e. The number of thiazole rings is 1. The molecule has 1 amide bonds. The lowest BCUT2D eigenvalue weighted by molar-refractivity contribution is -0.139. The molecule has 0 spiro atoms. The Morgan fingerprint density at radius 1 is 1.11 bits per heavy atom. The molecule has 0 saturated heterocycles. The van der Waals surface area contributed by atoms with Crippen LogP contribution in [0.4, 0.5) is 13.2 Å². The first-order valence-corrected chi connectivity index (χ1v) is 15.9. The van der Waals surface area contributed by atoms with Gasteiger partial charge in [0.05, 0.1) is 33.8 Å². The molecular weight excluding hydrogens is 617 g/mol. The Morgan fingerprint density at radius 3 is 2.37 bits per heavy atom. The number of hydrogen-bond acceptors (Lipinski definition) is 6. The number of carbonyl (C=O) groups is 2. The fourth-order valence-electron chi connectivity index (χ4n) is 5.79. The second kappa shape index (κ2) is 14.2. The molecule has 2 aromatic carbocycles. The van der Waals surface area contributed by atoms with Crippen molar-refractivity contribution >= 4 is 33.4 Å². The highest BCUT2D eigenvalue weighted by Crippen LogP contribution is 2.37. The number of nitrogens with one attached hydrogen (secondary N) is 1. The van der Waals surface area contributed by atoms with E-state index in [2.05, 4.69) is 10.3 Å². The topological polar surface area (TPSA) is 105 Å². The normalized spacial score (nSPS) is 13.4. The number of aromatic nitrogens is 2. The van der Waals surface area contributed by atoms with Crippen LogP contribution in [-0.2, 0) is 22.2 Å². The molecule has 2 N–H and O–H groups in total. The first-order chi connectivity index (χ1) is 21.6. The number of carbonyl (C=O) groups excluding carboxylic acids is 1. The fraction of sp³-hybridized carbons (Fsp3) is 0.412. The molecule has 12 heteroatoms. The van der Waals surface area contributed by atoms with Crippen molar-refractivity contribution in [2.75, 3.05) is 20.6 Å². The Morgan fingerprint density at radius 2 is 1.78 bits per heavy atom. The predicted molar refractivity (Wildman–Crippen MR) is 174 cm³/mol. The highest BCUT2D eigenvalue weighted by molar-refractivity contribution is 7.16. The summed E-state index contributed by atoms with van der Waals surface area (Å²) in [7, 11) is 3.46. The third-order valence-corrected chi connectivity index (χ3v) is 8.71. The third kappa shape index (κ3) is 8.03. The van der Waals surface area contributed by atoms with Crippen LogP contribution in [0.3, 0.4) is 0 Å². The van der Waals surface area contributed by atoms with Gasteiger partial charge in [-0.1, -0.05) is 32.0 Å². The van der Waals surface area contributed by atoms with E-state index in [-0.39, 0.29) is 24.3 Å². The van der Waals surface area contributed by atoms with Crippen LogP contribution in [-0.4, -0.2) is 52.1 Å². The van der Waals surface area contributed by atoms with Crippen molar-refractivity contribution in [2.24, 2.45) is 5.92 Å². The molecule has 8 nitrogen and oxygen atoms in total. The van der Waals surface area contributed by atoms with E-state index in [1.807, 2.05) is 58.0 Å². The molecule has 4 rings (SSSR count). The number of pyridine rings is 1. The number of nitrogens with zero attached hydrogens (tertiary/aromatic N) is 3. The summed E-state index contributed by atoms with van der Waals surface area (Å²) in [5.41, 5.74) is 4.48.